The molecule has 6 heteroatoms. The minimum atomic E-state index is -0.0132. The lowest BCUT2D eigenvalue weighted by atomic mass is 10.2. The van der Waals surface area contributed by atoms with E-state index in [0.29, 0.717) is 24.6 Å². The first-order valence-electron chi connectivity index (χ1n) is 10.2. The van der Waals surface area contributed by atoms with Gasteiger partial charge in [0, 0.05) is 50.8 Å². The van der Waals surface area contributed by atoms with E-state index < -0.39 is 0 Å². The Bertz CT molecular complexity index is 965. The highest BCUT2D eigenvalue weighted by Crippen LogP contribution is 2.13. The first-order chi connectivity index (χ1) is 14.8. The van der Waals surface area contributed by atoms with Gasteiger partial charge >= 0.3 is 0 Å². The van der Waals surface area contributed by atoms with E-state index in [9.17, 15) is 4.79 Å². The topological polar surface area (TPSA) is 61.4 Å². The van der Waals surface area contributed by atoms with Crippen molar-refractivity contribution in [2.24, 2.45) is 0 Å². The molecular formula is C24H25N5O. The third-order valence-corrected chi connectivity index (χ3v) is 5.06. The molecule has 1 aliphatic rings. The van der Waals surface area contributed by atoms with Crippen LogP contribution in [0.3, 0.4) is 0 Å². The van der Waals surface area contributed by atoms with Crippen molar-refractivity contribution >= 4 is 23.6 Å². The average Bonchev–Trinajstić information content (AvgIpc) is 2.81. The molecule has 0 spiro atoms. The van der Waals surface area contributed by atoms with Gasteiger partial charge in [0.1, 0.15) is 0 Å². The van der Waals surface area contributed by atoms with E-state index in [4.69, 9.17) is 0 Å². The lowest BCUT2D eigenvalue weighted by molar-refractivity contribution is 0.0649. The van der Waals surface area contributed by atoms with Crippen LogP contribution in [0.2, 0.25) is 0 Å². The average molecular weight is 399 g/mol. The molecule has 1 saturated heterocycles. The maximum Gasteiger partial charge on any atom is 0.257 e. The summed E-state index contributed by atoms with van der Waals surface area (Å²) in [6.07, 6.45) is 7.50. The number of anilines is 2. The number of piperazine rings is 1. The van der Waals surface area contributed by atoms with Crippen molar-refractivity contribution in [2.75, 3.05) is 38.0 Å². The van der Waals surface area contributed by atoms with Gasteiger partial charge in [-0.2, -0.15) is 0 Å². The van der Waals surface area contributed by atoms with Crippen molar-refractivity contribution in [1.82, 2.24) is 19.8 Å². The molecule has 0 bridgehead atoms. The highest BCUT2D eigenvalue weighted by atomic mass is 16.2. The zero-order valence-electron chi connectivity index (χ0n) is 16.8. The van der Waals surface area contributed by atoms with Crippen LogP contribution in [0.5, 0.6) is 0 Å². The van der Waals surface area contributed by atoms with Crippen LogP contribution >= 0.6 is 0 Å². The molecule has 1 aromatic heterocycles. The number of rotatable bonds is 6. The Morgan fingerprint density at radius 3 is 2.20 bits per heavy atom. The van der Waals surface area contributed by atoms with Gasteiger partial charge in [0.2, 0.25) is 5.95 Å². The second-order valence-corrected chi connectivity index (χ2v) is 7.19. The first kappa shape index (κ1) is 19.8. The molecule has 1 fully saturated rings. The predicted molar refractivity (Wildman–Crippen MR) is 120 cm³/mol. The molecule has 2 aromatic carbocycles. The first-order valence-corrected chi connectivity index (χ1v) is 10.2. The van der Waals surface area contributed by atoms with E-state index in [-0.39, 0.29) is 5.91 Å². The molecule has 6 nitrogen and oxygen atoms in total. The smallest absolute Gasteiger partial charge is 0.257 e. The largest absolute Gasteiger partial charge is 0.336 e. The number of amides is 1. The maximum atomic E-state index is 12.8. The quantitative estimate of drug-likeness (QED) is 0.685. The number of hydrogen-bond donors (Lipinski definition) is 1. The van der Waals surface area contributed by atoms with E-state index in [0.717, 1.165) is 25.3 Å². The summed E-state index contributed by atoms with van der Waals surface area (Å²) in [6.45, 7) is 4.03. The third kappa shape index (κ3) is 5.30. The molecule has 1 N–H and O–H groups in total. The van der Waals surface area contributed by atoms with Gasteiger partial charge in [0.15, 0.2) is 0 Å². The molecule has 152 valence electrons. The van der Waals surface area contributed by atoms with Crippen LogP contribution in [0.4, 0.5) is 11.6 Å². The number of nitrogens with one attached hydrogen (secondary N) is 1. The highest BCUT2D eigenvalue weighted by Gasteiger charge is 2.22. The molecule has 0 saturated carbocycles. The van der Waals surface area contributed by atoms with Crippen LogP contribution in [0.1, 0.15) is 15.9 Å². The maximum absolute atomic E-state index is 12.8. The predicted octanol–water partition coefficient (Wildman–Crippen LogP) is 3.69. The van der Waals surface area contributed by atoms with Crippen LogP contribution in [-0.4, -0.2) is 58.4 Å². The van der Waals surface area contributed by atoms with E-state index in [1.807, 2.05) is 53.4 Å². The Kier molecular flexibility index (Phi) is 6.47. The van der Waals surface area contributed by atoms with Gasteiger partial charge < -0.3 is 10.2 Å². The molecule has 4 rings (SSSR count). The summed E-state index contributed by atoms with van der Waals surface area (Å²) in [7, 11) is 0. The van der Waals surface area contributed by atoms with Crippen LogP contribution < -0.4 is 5.32 Å². The van der Waals surface area contributed by atoms with E-state index >= 15 is 0 Å². The van der Waals surface area contributed by atoms with Gasteiger partial charge in [-0.05, 0) is 17.7 Å². The summed E-state index contributed by atoms with van der Waals surface area (Å²) in [6, 6.07) is 20.0. The Balaban J connectivity index is 1.26. The van der Waals surface area contributed by atoms with E-state index in [1.165, 1.54) is 5.56 Å². The number of hydrogen-bond acceptors (Lipinski definition) is 5. The monoisotopic (exact) mass is 399 g/mol. The van der Waals surface area contributed by atoms with Crippen molar-refractivity contribution in [3.63, 3.8) is 0 Å². The second kappa shape index (κ2) is 9.80. The van der Waals surface area contributed by atoms with Crippen molar-refractivity contribution < 1.29 is 4.79 Å². The Morgan fingerprint density at radius 1 is 0.900 bits per heavy atom. The van der Waals surface area contributed by atoms with Gasteiger partial charge in [-0.3, -0.25) is 9.69 Å². The van der Waals surface area contributed by atoms with Gasteiger partial charge in [0.25, 0.3) is 5.91 Å². The van der Waals surface area contributed by atoms with Crippen LogP contribution in [-0.2, 0) is 0 Å². The van der Waals surface area contributed by atoms with Gasteiger partial charge in [-0.1, -0.05) is 60.7 Å². The minimum absolute atomic E-state index is 0.0132. The van der Waals surface area contributed by atoms with Crippen molar-refractivity contribution in [3.8, 4) is 0 Å². The van der Waals surface area contributed by atoms with Crippen molar-refractivity contribution in [3.05, 3.63) is 90.3 Å². The van der Waals surface area contributed by atoms with Crippen LogP contribution in [0.15, 0.2) is 79.1 Å². The van der Waals surface area contributed by atoms with Crippen molar-refractivity contribution in [2.45, 2.75) is 0 Å². The molecular weight excluding hydrogens is 374 g/mol. The standard InChI is InChI=1S/C24H25N5O/c30-23(21-18-25-24(26-19-21)27-22-11-5-2-6-12-22)29-16-14-28(15-17-29)13-7-10-20-8-3-1-4-9-20/h1-12,18-19H,13-17H2,(H,25,26,27)/b10-7+. The highest BCUT2D eigenvalue weighted by molar-refractivity contribution is 5.93. The van der Waals surface area contributed by atoms with Crippen molar-refractivity contribution in [1.29, 1.82) is 0 Å². The Hall–Kier alpha value is -3.51. The SMILES string of the molecule is O=C(c1cnc(Nc2ccccc2)nc1)N1CCN(C/C=C/c2ccccc2)CC1. The summed E-state index contributed by atoms with van der Waals surface area (Å²) < 4.78 is 0. The fraction of sp³-hybridized carbons (Fsp3) is 0.208. The van der Waals surface area contributed by atoms with Crippen LogP contribution in [0, 0.1) is 0 Å². The summed E-state index contributed by atoms with van der Waals surface area (Å²) in [5.41, 5.74) is 2.64. The van der Waals surface area contributed by atoms with Crippen LogP contribution in [0.25, 0.3) is 6.08 Å². The summed E-state index contributed by atoms with van der Waals surface area (Å²) >= 11 is 0. The second-order valence-electron chi connectivity index (χ2n) is 7.19. The van der Waals surface area contributed by atoms with Gasteiger partial charge in [-0.25, -0.2) is 9.97 Å². The summed E-state index contributed by atoms with van der Waals surface area (Å²) in [5, 5.41) is 3.13. The number of carbonyl (C=O) groups is 1. The molecule has 1 aliphatic heterocycles. The fourth-order valence-electron chi connectivity index (χ4n) is 3.37. The zero-order valence-corrected chi connectivity index (χ0v) is 16.8. The normalized spacial score (nSPS) is 14.7. The molecule has 3 aromatic rings. The number of para-hydroxylation sites is 1. The van der Waals surface area contributed by atoms with E-state index in [1.54, 1.807) is 12.4 Å². The molecule has 0 radical (unpaired) electrons. The Morgan fingerprint density at radius 2 is 1.53 bits per heavy atom. The number of benzene rings is 2. The number of nitrogens with zero attached hydrogens (tertiary/aromatic N) is 4. The molecule has 1 amide bonds. The fourth-order valence-corrected chi connectivity index (χ4v) is 3.37. The third-order valence-electron chi connectivity index (χ3n) is 5.06. The summed E-state index contributed by atoms with van der Waals surface area (Å²) in [5.74, 6) is 0.466. The molecule has 2 heterocycles. The minimum Gasteiger partial charge on any atom is -0.336 e. The lowest BCUT2D eigenvalue weighted by Gasteiger charge is -2.34. The lowest BCUT2D eigenvalue weighted by Crippen LogP contribution is -2.48. The zero-order chi connectivity index (χ0) is 20.6. The molecule has 30 heavy (non-hydrogen) atoms. The van der Waals surface area contributed by atoms with E-state index in [2.05, 4.69) is 44.5 Å². The van der Waals surface area contributed by atoms with Gasteiger partial charge in [-0.15, -0.1) is 0 Å². The Labute approximate surface area is 176 Å². The molecule has 0 atom stereocenters. The van der Waals surface area contributed by atoms with Gasteiger partial charge in [0.05, 0.1) is 5.56 Å². The summed E-state index contributed by atoms with van der Waals surface area (Å²) in [4.78, 5) is 25.6. The number of aromatic nitrogens is 2. The molecule has 0 aliphatic carbocycles. The number of carbonyl (C=O) groups excluding carboxylic acids is 1. The molecule has 0 unspecified atom stereocenters.